The monoisotopic (exact) mass is 530 g/mol. The molecular weight excluding hydrogens is 513 g/mol. The molecule has 0 radical (unpaired) electrons. The number of amides is 3. The summed E-state index contributed by atoms with van der Waals surface area (Å²) in [5, 5.41) is 7.59. The zero-order chi connectivity index (χ0) is 25.9. The number of hydrogen-bond donors (Lipinski definition) is 3. The lowest BCUT2D eigenvalue weighted by Gasteiger charge is -2.19. The number of carbonyl (C=O) groups is 2. The molecule has 3 atom stereocenters. The summed E-state index contributed by atoms with van der Waals surface area (Å²) >= 11 is 5.70. The third-order valence-corrected chi connectivity index (χ3v) is 6.73. The second-order valence-electron chi connectivity index (χ2n) is 8.91. The molecule has 6 rings (SSSR count). The number of pyridine rings is 1. The Kier molecular flexibility index (Phi) is 5.41. The summed E-state index contributed by atoms with van der Waals surface area (Å²) in [5.74, 6) is 1.99. The van der Waals surface area contributed by atoms with Gasteiger partial charge in [-0.3, -0.25) is 4.79 Å². The molecule has 0 unspecified atom stereocenters. The van der Waals surface area contributed by atoms with E-state index in [1.807, 2.05) is 6.07 Å². The van der Waals surface area contributed by atoms with Gasteiger partial charge in [-0.2, -0.15) is 13.2 Å². The van der Waals surface area contributed by atoms with Crippen LogP contribution in [-0.2, 0) is 17.4 Å². The molecule has 1 fully saturated rings. The zero-order valence-electron chi connectivity index (χ0n) is 18.9. The third kappa shape index (κ3) is 4.39. The summed E-state index contributed by atoms with van der Waals surface area (Å²) in [7, 11) is 0. The molecule has 1 aromatic heterocycles. The highest BCUT2D eigenvalue weighted by atomic mass is 35.5. The van der Waals surface area contributed by atoms with Gasteiger partial charge in [-0.05, 0) is 48.9 Å². The van der Waals surface area contributed by atoms with Crippen LogP contribution in [0, 0.1) is 0 Å². The zero-order valence-corrected chi connectivity index (χ0v) is 19.6. The van der Waals surface area contributed by atoms with E-state index in [1.165, 1.54) is 6.07 Å². The van der Waals surface area contributed by atoms with E-state index in [0.717, 1.165) is 23.3 Å². The first-order valence-electron chi connectivity index (χ1n) is 11.4. The highest BCUT2D eigenvalue weighted by Crippen LogP contribution is 2.54. The van der Waals surface area contributed by atoms with Crippen molar-refractivity contribution >= 4 is 35.0 Å². The highest BCUT2D eigenvalue weighted by molar-refractivity contribution is 6.30. The van der Waals surface area contributed by atoms with Crippen molar-refractivity contribution < 1.29 is 32.2 Å². The van der Waals surface area contributed by atoms with Crippen LogP contribution in [0.1, 0.15) is 29.0 Å². The van der Waals surface area contributed by atoms with Crippen molar-refractivity contribution in [3.8, 4) is 17.2 Å². The summed E-state index contributed by atoms with van der Waals surface area (Å²) in [4.78, 5) is 28.3. The fourth-order valence-corrected chi connectivity index (χ4v) is 4.90. The van der Waals surface area contributed by atoms with Crippen LogP contribution < -0.4 is 25.4 Å². The Morgan fingerprint density at radius 3 is 2.81 bits per heavy atom. The molecule has 0 saturated heterocycles. The molecule has 8 nitrogen and oxygen atoms in total. The van der Waals surface area contributed by atoms with Gasteiger partial charge in [0.25, 0.3) is 0 Å². The van der Waals surface area contributed by atoms with Gasteiger partial charge in [-0.25, -0.2) is 9.78 Å². The lowest BCUT2D eigenvalue weighted by molar-refractivity contribution is -0.136. The molecule has 0 bridgehead atoms. The Balaban J connectivity index is 1.15. The molecule has 3 amide bonds. The van der Waals surface area contributed by atoms with Crippen molar-refractivity contribution in [2.24, 2.45) is 0 Å². The smallest absolute Gasteiger partial charge is 0.418 e. The van der Waals surface area contributed by atoms with E-state index in [9.17, 15) is 22.8 Å². The first-order valence-corrected chi connectivity index (χ1v) is 11.8. The van der Waals surface area contributed by atoms with Crippen LogP contribution >= 0.6 is 11.6 Å². The number of alkyl halides is 3. The normalized spacial score (nSPS) is 21.1. The minimum Gasteiger partial charge on any atom is -0.487 e. The van der Waals surface area contributed by atoms with Gasteiger partial charge in [0.1, 0.15) is 29.2 Å². The van der Waals surface area contributed by atoms with Crippen molar-refractivity contribution in [2.45, 2.75) is 37.1 Å². The number of aromatic nitrogens is 1. The number of hydrogen-bond acceptors (Lipinski definition) is 5. The van der Waals surface area contributed by atoms with Crippen LogP contribution in [0.2, 0.25) is 5.02 Å². The predicted molar refractivity (Wildman–Crippen MR) is 127 cm³/mol. The molecule has 2 aromatic carbocycles. The van der Waals surface area contributed by atoms with E-state index in [1.54, 1.807) is 24.4 Å². The molecule has 1 aliphatic carbocycles. The van der Waals surface area contributed by atoms with Gasteiger partial charge in [0.2, 0.25) is 5.91 Å². The first-order chi connectivity index (χ1) is 17.7. The van der Waals surface area contributed by atoms with E-state index >= 15 is 0 Å². The van der Waals surface area contributed by atoms with Gasteiger partial charge < -0.3 is 25.4 Å². The molecule has 190 valence electrons. The molecule has 1 saturated carbocycles. The standard InChI is InChI=1S/C25H18ClF3N4O4/c26-11-1-4-16(15(9-11)25(27,28)29)31-24(35)33-21-20-14-10-12(2-5-17(14)37-22(20)21)36-18-7-8-30-23-13(18)3-6-19(34)32-23/h1-2,4-5,7-10,20-22H,3,6H2,(H,30,32,34)(H2,31,33,35)/t20-,21+,22-/m0/s1. The topological polar surface area (TPSA) is 102 Å². The Labute approximate surface area is 213 Å². The molecule has 3 heterocycles. The Hall–Kier alpha value is -3.99. The molecule has 3 N–H and O–H groups in total. The van der Waals surface area contributed by atoms with Gasteiger partial charge in [-0.1, -0.05) is 11.6 Å². The molecular formula is C25H18ClF3N4O4. The molecule has 12 heteroatoms. The van der Waals surface area contributed by atoms with Gasteiger partial charge >= 0.3 is 12.2 Å². The number of fused-ring (bicyclic) bond motifs is 4. The van der Waals surface area contributed by atoms with Crippen LogP contribution in [0.3, 0.4) is 0 Å². The number of nitrogens with zero attached hydrogens (tertiary/aromatic N) is 1. The lowest BCUT2D eigenvalue weighted by atomic mass is 10.1. The molecule has 37 heavy (non-hydrogen) atoms. The lowest BCUT2D eigenvalue weighted by Crippen LogP contribution is -2.34. The molecule has 3 aliphatic rings. The van der Waals surface area contributed by atoms with Crippen molar-refractivity contribution in [2.75, 3.05) is 10.6 Å². The van der Waals surface area contributed by atoms with Gasteiger partial charge in [-0.15, -0.1) is 0 Å². The quantitative estimate of drug-likeness (QED) is 0.415. The number of benzene rings is 2. The second-order valence-corrected chi connectivity index (χ2v) is 9.34. The first kappa shape index (κ1) is 23.4. The van der Waals surface area contributed by atoms with Crippen LogP contribution in [0.25, 0.3) is 0 Å². The third-order valence-electron chi connectivity index (χ3n) is 6.49. The fraction of sp³-hybridized carbons (Fsp3) is 0.240. The number of urea groups is 1. The number of anilines is 2. The average Bonchev–Trinajstić information content (AvgIpc) is 3.35. The van der Waals surface area contributed by atoms with E-state index in [4.69, 9.17) is 21.1 Å². The largest absolute Gasteiger partial charge is 0.487 e. The van der Waals surface area contributed by atoms with Gasteiger partial charge in [0, 0.05) is 28.8 Å². The van der Waals surface area contributed by atoms with E-state index < -0.39 is 29.5 Å². The van der Waals surface area contributed by atoms with E-state index in [2.05, 4.69) is 20.9 Å². The van der Waals surface area contributed by atoms with E-state index in [-0.39, 0.29) is 23.0 Å². The minimum absolute atomic E-state index is 0.0879. The van der Waals surface area contributed by atoms with Gasteiger partial charge in [0.15, 0.2) is 0 Å². The summed E-state index contributed by atoms with van der Waals surface area (Å²) in [6.07, 6.45) is -2.61. The van der Waals surface area contributed by atoms with Crippen LogP contribution in [0.15, 0.2) is 48.7 Å². The fourth-order valence-electron chi connectivity index (χ4n) is 4.73. The number of carbonyl (C=O) groups excluding carboxylic acids is 2. The maximum Gasteiger partial charge on any atom is 0.418 e. The van der Waals surface area contributed by atoms with Crippen LogP contribution in [-0.4, -0.2) is 29.1 Å². The highest BCUT2D eigenvalue weighted by Gasteiger charge is 2.59. The molecule has 2 aliphatic heterocycles. The van der Waals surface area contributed by atoms with E-state index in [0.29, 0.717) is 35.9 Å². The average molecular weight is 531 g/mol. The number of nitrogens with one attached hydrogen (secondary N) is 3. The maximum atomic E-state index is 13.3. The minimum atomic E-state index is -4.68. The Morgan fingerprint density at radius 1 is 1.16 bits per heavy atom. The Bertz CT molecular complexity index is 1450. The number of ether oxygens (including phenoxy) is 2. The Morgan fingerprint density at radius 2 is 2.00 bits per heavy atom. The van der Waals surface area contributed by atoms with Crippen LogP contribution in [0.4, 0.5) is 29.5 Å². The summed E-state index contributed by atoms with van der Waals surface area (Å²) in [6, 6.07) is 9.01. The SMILES string of the molecule is O=C1CCc2c(Oc3ccc4c(c3)[C@H]3[C@@H](NC(=O)Nc5ccc(Cl)cc5C(F)(F)F)[C@H]3O4)ccnc2N1. The second kappa shape index (κ2) is 8.55. The van der Waals surface area contributed by atoms with Crippen molar-refractivity contribution in [1.29, 1.82) is 0 Å². The molecule has 3 aromatic rings. The summed E-state index contributed by atoms with van der Waals surface area (Å²) < 4.78 is 52.0. The van der Waals surface area contributed by atoms with Crippen molar-refractivity contribution in [3.05, 3.63) is 70.4 Å². The number of halogens is 4. The molecule has 0 spiro atoms. The summed E-state index contributed by atoms with van der Waals surface area (Å²) in [5.41, 5.74) is 0.202. The maximum absolute atomic E-state index is 13.3. The van der Waals surface area contributed by atoms with Gasteiger partial charge in [0.05, 0.1) is 23.2 Å². The van der Waals surface area contributed by atoms with Crippen molar-refractivity contribution in [3.63, 3.8) is 0 Å². The predicted octanol–water partition coefficient (Wildman–Crippen LogP) is 5.48. The van der Waals surface area contributed by atoms with Crippen LogP contribution in [0.5, 0.6) is 17.2 Å². The summed E-state index contributed by atoms with van der Waals surface area (Å²) in [6.45, 7) is 0. The number of rotatable bonds is 4. The van der Waals surface area contributed by atoms with Crippen molar-refractivity contribution in [1.82, 2.24) is 10.3 Å².